The maximum atomic E-state index is 12.0. The van der Waals surface area contributed by atoms with Crippen LogP contribution in [0.5, 0.6) is 0 Å². The van der Waals surface area contributed by atoms with Crippen LogP contribution in [0.2, 0.25) is 0 Å². The zero-order valence-electron chi connectivity index (χ0n) is 14.9. The van der Waals surface area contributed by atoms with Crippen molar-refractivity contribution >= 4 is 27.7 Å². The van der Waals surface area contributed by atoms with E-state index < -0.39 is 0 Å². The van der Waals surface area contributed by atoms with Gasteiger partial charge in [-0.25, -0.2) is 0 Å². The molecule has 0 bridgehead atoms. The van der Waals surface area contributed by atoms with Crippen molar-refractivity contribution in [2.24, 2.45) is 5.92 Å². The fraction of sp³-hybridized carbons (Fsp3) is 0.579. The molecule has 6 heteroatoms. The summed E-state index contributed by atoms with van der Waals surface area (Å²) >= 11 is 3.33. The molecular formula is C19H28BrN3O2. The van der Waals surface area contributed by atoms with E-state index in [1.165, 1.54) is 25.9 Å². The molecule has 2 N–H and O–H groups in total. The van der Waals surface area contributed by atoms with E-state index in [0.717, 1.165) is 29.8 Å². The van der Waals surface area contributed by atoms with Gasteiger partial charge in [0.15, 0.2) is 0 Å². The number of carbonyl (C=O) groups excluding carboxylic acids is 2. The first-order chi connectivity index (χ1) is 12.0. The maximum absolute atomic E-state index is 12.0. The standard InChI is InChI=1S/C19H28BrN3O2/c1-15-6-5-11-23(14-15)10-3-2-9-21-18(24)13-22-19(25)16-7-4-8-17(20)12-16/h4,7-8,12,15H,2-3,5-6,9-11,13-14H2,1H3,(H,21,24)(H,22,25). The van der Waals surface area contributed by atoms with Crippen LogP contribution in [-0.4, -0.2) is 49.4 Å². The molecule has 1 heterocycles. The molecule has 1 fully saturated rings. The highest BCUT2D eigenvalue weighted by molar-refractivity contribution is 9.10. The first kappa shape index (κ1) is 19.9. The quantitative estimate of drug-likeness (QED) is 0.648. The lowest BCUT2D eigenvalue weighted by Crippen LogP contribution is -2.38. The van der Waals surface area contributed by atoms with Gasteiger partial charge in [0.2, 0.25) is 5.91 Å². The van der Waals surface area contributed by atoms with Crippen molar-refractivity contribution in [2.45, 2.75) is 32.6 Å². The van der Waals surface area contributed by atoms with Crippen molar-refractivity contribution in [1.29, 1.82) is 0 Å². The maximum Gasteiger partial charge on any atom is 0.251 e. The molecule has 0 aromatic heterocycles. The number of nitrogens with one attached hydrogen (secondary N) is 2. The van der Waals surface area contributed by atoms with Crippen LogP contribution in [0.4, 0.5) is 0 Å². The smallest absolute Gasteiger partial charge is 0.251 e. The molecule has 1 aromatic rings. The molecule has 0 spiro atoms. The molecule has 0 aliphatic carbocycles. The Balaban J connectivity index is 1.54. The van der Waals surface area contributed by atoms with Gasteiger partial charge in [0.25, 0.3) is 5.91 Å². The van der Waals surface area contributed by atoms with E-state index >= 15 is 0 Å². The van der Waals surface area contributed by atoms with E-state index in [0.29, 0.717) is 12.1 Å². The first-order valence-electron chi connectivity index (χ1n) is 9.07. The Bertz CT molecular complexity index is 580. The average Bonchev–Trinajstić information content (AvgIpc) is 2.59. The third kappa shape index (κ3) is 7.57. The Morgan fingerprint density at radius 3 is 2.88 bits per heavy atom. The molecule has 0 radical (unpaired) electrons. The van der Waals surface area contributed by atoms with Gasteiger partial charge < -0.3 is 15.5 Å². The van der Waals surface area contributed by atoms with Gasteiger partial charge in [-0.1, -0.05) is 28.9 Å². The number of halogens is 1. The summed E-state index contributed by atoms with van der Waals surface area (Å²) in [6.45, 7) is 6.50. The Morgan fingerprint density at radius 2 is 2.12 bits per heavy atom. The van der Waals surface area contributed by atoms with Crippen molar-refractivity contribution in [3.05, 3.63) is 34.3 Å². The van der Waals surface area contributed by atoms with E-state index in [4.69, 9.17) is 0 Å². The molecule has 1 atom stereocenters. The number of amides is 2. The second kappa shape index (κ2) is 10.6. The molecule has 1 unspecified atom stereocenters. The normalized spacial score (nSPS) is 17.9. The monoisotopic (exact) mass is 409 g/mol. The van der Waals surface area contributed by atoms with Gasteiger partial charge in [0, 0.05) is 23.1 Å². The van der Waals surface area contributed by atoms with Crippen molar-refractivity contribution in [1.82, 2.24) is 15.5 Å². The van der Waals surface area contributed by atoms with Gasteiger partial charge >= 0.3 is 0 Å². The summed E-state index contributed by atoms with van der Waals surface area (Å²) in [6, 6.07) is 7.10. The first-order valence-corrected chi connectivity index (χ1v) is 9.86. The van der Waals surface area contributed by atoms with E-state index in [1.54, 1.807) is 18.2 Å². The highest BCUT2D eigenvalue weighted by atomic mass is 79.9. The highest BCUT2D eigenvalue weighted by Gasteiger charge is 2.15. The lowest BCUT2D eigenvalue weighted by atomic mass is 10.0. The number of carbonyl (C=O) groups is 2. The molecular weight excluding hydrogens is 382 g/mol. The number of unbranched alkanes of at least 4 members (excludes halogenated alkanes) is 1. The van der Waals surface area contributed by atoms with Crippen LogP contribution in [-0.2, 0) is 4.79 Å². The molecule has 1 aliphatic rings. The molecule has 138 valence electrons. The molecule has 0 saturated carbocycles. The summed E-state index contributed by atoms with van der Waals surface area (Å²) in [4.78, 5) is 26.3. The number of rotatable bonds is 8. The fourth-order valence-corrected chi connectivity index (χ4v) is 3.53. The van der Waals surface area contributed by atoms with Crippen LogP contribution in [0, 0.1) is 5.92 Å². The Hall–Kier alpha value is -1.40. The molecule has 1 aliphatic heterocycles. The predicted molar refractivity (Wildman–Crippen MR) is 104 cm³/mol. The van der Waals surface area contributed by atoms with Gasteiger partial charge in [-0.2, -0.15) is 0 Å². The zero-order valence-corrected chi connectivity index (χ0v) is 16.5. The largest absolute Gasteiger partial charge is 0.355 e. The number of likely N-dealkylation sites (tertiary alicyclic amines) is 1. The number of hydrogen-bond acceptors (Lipinski definition) is 3. The number of nitrogens with zero attached hydrogens (tertiary/aromatic N) is 1. The zero-order chi connectivity index (χ0) is 18.1. The van der Waals surface area contributed by atoms with Crippen molar-refractivity contribution in [3.8, 4) is 0 Å². The number of hydrogen-bond donors (Lipinski definition) is 2. The van der Waals surface area contributed by atoms with Crippen LogP contribution in [0.15, 0.2) is 28.7 Å². The topological polar surface area (TPSA) is 61.4 Å². The second-order valence-electron chi connectivity index (χ2n) is 6.80. The third-order valence-corrected chi connectivity index (χ3v) is 4.95. The minimum absolute atomic E-state index is 0.00892. The molecule has 2 rings (SSSR count). The highest BCUT2D eigenvalue weighted by Crippen LogP contribution is 2.15. The van der Waals surface area contributed by atoms with Crippen molar-refractivity contribution in [3.63, 3.8) is 0 Å². The number of piperidine rings is 1. The minimum atomic E-state index is -0.240. The Kier molecular flexibility index (Phi) is 8.41. The average molecular weight is 410 g/mol. The Labute approximate surface area is 158 Å². The summed E-state index contributed by atoms with van der Waals surface area (Å²) in [5.41, 5.74) is 0.540. The SMILES string of the molecule is CC1CCCN(CCCCNC(=O)CNC(=O)c2cccc(Br)c2)C1. The van der Waals surface area contributed by atoms with Crippen LogP contribution >= 0.6 is 15.9 Å². The molecule has 5 nitrogen and oxygen atoms in total. The lowest BCUT2D eigenvalue weighted by Gasteiger charge is -2.30. The van der Waals surface area contributed by atoms with Crippen molar-refractivity contribution < 1.29 is 9.59 Å². The molecule has 1 aromatic carbocycles. The van der Waals surface area contributed by atoms with Gasteiger partial charge in [-0.05, 0) is 62.9 Å². The molecule has 1 saturated heterocycles. The van der Waals surface area contributed by atoms with E-state index in [2.05, 4.69) is 38.4 Å². The van der Waals surface area contributed by atoms with Gasteiger partial charge in [0.05, 0.1) is 6.54 Å². The third-order valence-electron chi connectivity index (χ3n) is 4.46. The summed E-state index contributed by atoms with van der Waals surface area (Å²) < 4.78 is 0.840. The van der Waals surface area contributed by atoms with Crippen LogP contribution in [0.1, 0.15) is 43.0 Å². The van der Waals surface area contributed by atoms with Gasteiger partial charge in [-0.3, -0.25) is 9.59 Å². The van der Waals surface area contributed by atoms with E-state index in [-0.39, 0.29) is 18.4 Å². The second-order valence-corrected chi connectivity index (χ2v) is 7.71. The Morgan fingerprint density at radius 1 is 1.28 bits per heavy atom. The summed E-state index contributed by atoms with van der Waals surface area (Å²) in [5, 5.41) is 5.51. The van der Waals surface area contributed by atoms with Gasteiger partial charge in [-0.15, -0.1) is 0 Å². The molecule has 25 heavy (non-hydrogen) atoms. The molecule has 2 amide bonds. The van der Waals surface area contributed by atoms with Crippen LogP contribution in [0.3, 0.4) is 0 Å². The van der Waals surface area contributed by atoms with E-state index in [1.807, 2.05) is 6.07 Å². The summed E-state index contributed by atoms with van der Waals surface area (Å²) in [5.74, 6) is 0.424. The predicted octanol–water partition coefficient (Wildman–Crippen LogP) is 2.81. The minimum Gasteiger partial charge on any atom is -0.355 e. The van der Waals surface area contributed by atoms with Crippen LogP contribution < -0.4 is 10.6 Å². The van der Waals surface area contributed by atoms with Gasteiger partial charge in [0.1, 0.15) is 0 Å². The fourth-order valence-electron chi connectivity index (χ4n) is 3.13. The summed E-state index contributed by atoms with van der Waals surface area (Å²) in [7, 11) is 0. The lowest BCUT2D eigenvalue weighted by molar-refractivity contribution is -0.120. The van der Waals surface area contributed by atoms with E-state index in [9.17, 15) is 9.59 Å². The van der Waals surface area contributed by atoms with Crippen molar-refractivity contribution in [2.75, 3.05) is 32.7 Å². The number of benzene rings is 1. The summed E-state index contributed by atoms with van der Waals surface area (Å²) in [6.07, 6.45) is 4.71. The van der Waals surface area contributed by atoms with Crippen LogP contribution in [0.25, 0.3) is 0 Å².